The van der Waals surface area contributed by atoms with Crippen molar-refractivity contribution in [1.29, 1.82) is 0 Å². The summed E-state index contributed by atoms with van der Waals surface area (Å²) >= 11 is 1.19. The number of aryl methyl sites for hydroxylation is 1. The number of nitrogens with one attached hydrogen (secondary N) is 1. The number of carbonyl (C=O) groups is 1. The molecule has 0 saturated heterocycles. The number of anilines is 1. The zero-order chi connectivity index (χ0) is 16.3. The normalized spacial score (nSPS) is 12.0. The van der Waals surface area contributed by atoms with Gasteiger partial charge in [0.25, 0.3) is 0 Å². The highest BCUT2D eigenvalue weighted by atomic mass is 32.2. The molecular weight excluding hydrogens is 313 g/mol. The topological polar surface area (TPSA) is 103 Å². The van der Waals surface area contributed by atoms with E-state index in [4.69, 9.17) is 0 Å². The molecule has 2 aromatic rings. The van der Waals surface area contributed by atoms with E-state index in [1.54, 1.807) is 18.5 Å². The van der Waals surface area contributed by atoms with Crippen LogP contribution in [0.5, 0.6) is 0 Å². The highest BCUT2D eigenvalue weighted by molar-refractivity contribution is 8.00. The number of nitro benzene ring substituents is 1. The van der Waals surface area contributed by atoms with E-state index in [1.807, 2.05) is 0 Å². The van der Waals surface area contributed by atoms with Gasteiger partial charge in [-0.2, -0.15) is 4.39 Å². The zero-order valence-electron chi connectivity index (χ0n) is 11.7. The first-order chi connectivity index (χ1) is 10.4. The Bertz CT molecular complexity index is 721. The van der Waals surface area contributed by atoms with Gasteiger partial charge in [-0.05, 0) is 19.1 Å². The third kappa shape index (κ3) is 3.58. The number of rotatable bonds is 5. The van der Waals surface area contributed by atoms with E-state index in [0.29, 0.717) is 5.16 Å². The Balaban J connectivity index is 2.07. The molecule has 1 N–H and O–H groups in total. The van der Waals surface area contributed by atoms with Crippen LogP contribution in [-0.4, -0.2) is 30.8 Å². The Hall–Kier alpha value is -2.49. The van der Waals surface area contributed by atoms with E-state index in [0.717, 1.165) is 12.1 Å². The summed E-state index contributed by atoms with van der Waals surface area (Å²) in [7, 11) is 1.75. The fraction of sp³-hybridized carbons (Fsp3) is 0.250. The van der Waals surface area contributed by atoms with Crippen molar-refractivity contribution in [1.82, 2.24) is 14.8 Å². The predicted molar refractivity (Wildman–Crippen MR) is 78.0 cm³/mol. The van der Waals surface area contributed by atoms with Crippen LogP contribution in [0.2, 0.25) is 0 Å². The Morgan fingerprint density at radius 3 is 2.86 bits per heavy atom. The summed E-state index contributed by atoms with van der Waals surface area (Å²) < 4.78 is 14.9. The highest BCUT2D eigenvalue weighted by Gasteiger charge is 2.19. The molecule has 1 amide bonds. The van der Waals surface area contributed by atoms with Gasteiger partial charge in [-0.3, -0.25) is 14.9 Å². The minimum Gasteiger partial charge on any atom is -0.325 e. The van der Waals surface area contributed by atoms with Gasteiger partial charge in [0, 0.05) is 18.8 Å². The van der Waals surface area contributed by atoms with Crippen LogP contribution in [0.25, 0.3) is 0 Å². The molecule has 0 unspecified atom stereocenters. The summed E-state index contributed by atoms with van der Waals surface area (Å²) in [6.07, 6.45) is 1.51. The Morgan fingerprint density at radius 2 is 2.27 bits per heavy atom. The molecule has 1 atom stereocenters. The SMILES string of the molecule is C[C@@H](Sc1nncn1C)C(=O)Nc1ccc(F)c([N+](=O)[O-])c1. The molecule has 0 radical (unpaired) electrons. The molecule has 0 aliphatic carbocycles. The summed E-state index contributed by atoms with van der Waals surface area (Å²) in [6, 6.07) is 3.18. The molecule has 1 heterocycles. The summed E-state index contributed by atoms with van der Waals surface area (Å²) in [5.74, 6) is -1.33. The number of halogens is 1. The number of hydrogen-bond acceptors (Lipinski definition) is 6. The van der Waals surface area contributed by atoms with Crippen molar-refractivity contribution in [3.05, 3.63) is 40.5 Å². The van der Waals surface area contributed by atoms with Crippen LogP contribution in [0.15, 0.2) is 29.7 Å². The maximum absolute atomic E-state index is 13.2. The van der Waals surface area contributed by atoms with Gasteiger partial charge in [0.1, 0.15) is 6.33 Å². The number of nitro groups is 1. The first-order valence-electron chi connectivity index (χ1n) is 6.14. The van der Waals surface area contributed by atoms with Gasteiger partial charge in [-0.1, -0.05) is 11.8 Å². The number of thioether (sulfide) groups is 1. The van der Waals surface area contributed by atoms with Crippen LogP contribution >= 0.6 is 11.8 Å². The van der Waals surface area contributed by atoms with E-state index >= 15 is 0 Å². The molecule has 116 valence electrons. The predicted octanol–water partition coefficient (Wildman–Crippen LogP) is 1.98. The Morgan fingerprint density at radius 1 is 1.55 bits per heavy atom. The maximum Gasteiger partial charge on any atom is 0.306 e. The molecule has 0 spiro atoms. The Labute approximate surface area is 128 Å². The first kappa shape index (κ1) is 15.9. The fourth-order valence-corrected chi connectivity index (χ4v) is 2.36. The van der Waals surface area contributed by atoms with Crippen molar-refractivity contribution in [2.24, 2.45) is 7.05 Å². The maximum atomic E-state index is 13.2. The van der Waals surface area contributed by atoms with Gasteiger partial charge in [0.15, 0.2) is 5.16 Å². The summed E-state index contributed by atoms with van der Waals surface area (Å²) in [5.41, 5.74) is -0.532. The van der Waals surface area contributed by atoms with Crippen molar-refractivity contribution in [3.63, 3.8) is 0 Å². The van der Waals surface area contributed by atoms with Gasteiger partial charge >= 0.3 is 5.69 Å². The van der Waals surface area contributed by atoms with Crippen molar-refractivity contribution in [3.8, 4) is 0 Å². The molecule has 10 heteroatoms. The number of nitrogens with zero attached hydrogens (tertiary/aromatic N) is 4. The largest absolute Gasteiger partial charge is 0.325 e. The van der Waals surface area contributed by atoms with E-state index in [1.165, 1.54) is 24.2 Å². The average molecular weight is 325 g/mol. The molecular formula is C12H12FN5O3S. The van der Waals surface area contributed by atoms with Crippen LogP contribution in [0, 0.1) is 15.9 Å². The molecule has 0 saturated carbocycles. The van der Waals surface area contributed by atoms with Crippen LogP contribution in [0.3, 0.4) is 0 Å². The van der Waals surface area contributed by atoms with Gasteiger partial charge in [-0.25, -0.2) is 0 Å². The molecule has 0 bridgehead atoms. The van der Waals surface area contributed by atoms with E-state index in [2.05, 4.69) is 15.5 Å². The average Bonchev–Trinajstić information content (AvgIpc) is 2.86. The molecule has 8 nitrogen and oxygen atoms in total. The quantitative estimate of drug-likeness (QED) is 0.512. The number of hydrogen-bond donors (Lipinski definition) is 1. The second kappa shape index (κ2) is 6.52. The molecule has 1 aromatic carbocycles. The molecule has 22 heavy (non-hydrogen) atoms. The van der Waals surface area contributed by atoms with Crippen LogP contribution < -0.4 is 5.32 Å². The van der Waals surface area contributed by atoms with Gasteiger partial charge < -0.3 is 9.88 Å². The van der Waals surface area contributed by atoms with Crippen LogP contribution in [-0.2, 0) is 11.8 Å². The fourth-order valence-electron chi connectivity index (χ4n) is 1.57. The van der Waals surface area contributed by atoms with Gasteiger partial charge in [0.2, 0.25) is 11.7 Å². The minimum atomic E-state index is -0.954. The second-order valence-corrected chi connectivity index (χ2v) is 5.71. The third-order valence-corrected chi connectivity index (χ3v) is 3.88. The van der Waals surface area contributed by atoms with Crippen molar-refractivity contribution >= 4 is 29.0 Å². The third-order valence-electron chi connectivity index (χ3n) is 2.73. The molecule has 1 aromatic heterocycles. The lowest BCUT2D eigenvalue weighted by atomic mass is 10.2. The van der Waals surface area contributed by atoms with E-state index in [-0.39, 0.29) is 11.6 Å². The van der Waals surface area contributed by atoms with Crippen molar-refractivity contribution in [2.45, 2.75) is 17.3 Å². The highest BCUT2D eigenvalue weighted by Crippen LogP contribution is 2.24. The van der Waals surface area contributed by atoms with Crippen molar-refractivity contribution in [2.75, 3.05) is 5.32 Å². The first-order valence-corrected chi connectivity index (χ1v) is 7.02. The van der Waals surface area contributed by atoms with Crippen molar-refractivity contribution < 1.29 is 14.1 Å². The monoisotopic (exact) mass is 325 g/mol. The van der Waals surface area contributed by atoms with Gasteiger partial charge in [0.05, 0.1) is 10.2 Å². The summed E-state index contributed by atoms with van der Waals surface area (Å²) in [6.45, 7) is 1.66. The lowest BCUT2D eigenvalue weighted by Crippen LogP contribution is -2.22. The second-order valence-electron chi connectivity index (χ2n) is 4.40. The lowest BCUT2D eigenvalue weighted by Gasteiger charge is -2.11. The summed E-state index contributed by atoms with van der Waals surface area (Å²) in [5, 5.41) is 20.8. The number of benzene rings is 1. The number of amides is 1. The van der Waals surface area contributed by atoms with Crippen LogP contribution in [0.4, 0.5) is 15.8 Å². The van der Waals surface area contributed by atoms with Gasteiger partial charge in [-0.15, -0.1) is 10.2 Å². The molecule has 2 rings (SSSR count). The molecule has 0 aliphatic heterocycles. The zero-order valence-corrected chi connectivity index (χ0v) is 12.5. The standard InChI is InChI=1S/C12H12FN5O3S/c1-7(22-12-16-14-6-17(12)2)11(19)15-8-3-4-9(13)10(5-8)18(20)21/h3-7H,1-2H3,(H,15,19)/t7-/m1/s1. The smallest absolute Gasteiger partial charge is 0.306 e. The Kier molecular flexibility index (Phi) is 4.71. The minimum absolute atomic E-state index is 0.156. The van der Waals surface area contributed by atoms with E-state index < -0.39 is 21.7 Å². The lowest BCUT2D eigenvalue weighted by molar-refractivity contribution is -0.387. The molecule has 0 aliphatic rings. The number of aromatic nitrogens is 3. The molecule has 0 fully saturated rings. The summed E-state index contributed by atoms with van der Waals surface area (Å²) in [4.78, 5) is 21.9. The van der Waals surface area contributed by atoms with Crippen LogP contribution in [0.1, 0.15) is 6.92 Å². The number of carbonyl (C=O) groups excluding carboxylic acids is 1. The van der Waals surface area contributed by atoms with E-state index in [9.17, 15) is 19.3 Å².